The maximum atomic E-state index is 5.13. The van der Waals surface area contributed by atoms with E-state index in [0.717, 1.165) is 11.3 Å². The van der Waals surface area contributed by atoms with Crippen molar-refractivity contribution in [1.29, 1.82) is 0 Å². The summed E-state index contributed by atoms with van der Waals surface area (Å²) in [7, 11) is 3.30. The molecule has 0 amide bonds. The number of nitrogens with zero attached hydrogens (tertiary/aromatic N) is 2. The van der Waals surface area contributed by atoms with Crippen LogP contribution in [0.5, 0.6) is 5.75 Å². The Balaban J connectivity index is 3.05. The molecule has 13 heavy (non-hydrogen) atoms. The van der Waals surface area contributed by atoms with Gasteiger partial charge in [0.15, 0.2) is 0 Å². The number of methoxy groups -OCH3 is 1. The molecule has 0 unspecified atom stereocenters. The number of aliphatic imine (C=N–C) groups is 1. The molecule has 0 aliphatic carbocycles. The average molecular weight is 176 g/mol. The fourth-order valence-electron chi connectivity index (χ4n) is 1.01. The van der Waals surface area contributed by atoms with Gasteiger partial charge in [0, 0.05) is 25.0 Å². The minimum Gasteiger partial charge on any atom is -0.494 e. The van der Waals surface area contributed by atoms with Crippen LogP contribution in [-0.4, -0.2) is 25.4 Å². The van der Waals surface area contributed by atoms with Crippen LogP contribution < -0.4 is 4.74 Å². The predicted molar refractivity (Wildman–Crippen MR) is 54.2 cm³/mol. The molecule has 3 nitrogen and oxygen atoms in total. The van der Waals surface area contributed by atoms with Crippen molar-refractivity contribution in [1.82, 2.24) is 4.98 Å². The molecule has 0 aliphatic heterocycles. The number of aromatic nitrogens is 1. The molecule has 0 N–H and O–H groups in total. The van der Waals surface area contributed by atoms with Crippen molar-refractivity contribution in [2.45, 2.75) is 0 Å². The van der Waals surface area contributed by atoms with Crippen molar-refractivity contribution in [3.05, 3.63) is 30.6 Å². The molecule has 0 aliphatic rings. The number of allylic oxidation sites excluding steroid dienone is 1. The predicted octanol–water partition coefficient (Wildman–Crippen LogP) is 1.80. The Hall–Kier alpha value is -1.64. The highest BCUT2D eigenvalue weighted by Crippen LogP contribution is 2.20. The van der Waals surface area contributed by atoms with Gasteiger partial charge in [-0.25, -0.2) is 0 Å². The third-order valence-corrected chi connectivity index (χ3v) is 1.58. The Morgan fingerprint density at radius 3 is 3.08 bits per heavy atom. The van der Waals surface area contributed by atoms with Crippen molar-refractivity contribution in [2.75, 3.05) is 14.2 Å². The summed E-state index contributed by atoms with van der Waals surface area (Å²) in [5.74, 6) is 0.715. The van der Waals surface area contributed by atoms with Crippen LogP contribution in [-0.2, 0) is 0 Å². The van der Waals surface area contributed by atoms with Crippen molar-refractivity contribution in [2.24, 2.45) is 4.99 Å². The summed E-state index contributed by atoms with van der Waals surface area (Å²) < 4.78 is 5.13. The summed E-state index contributed by atoms with van der Waals surface area (Å²) in [6, 6.07) is 3.66. The van der Waals surface area contributed by atoms with E-state index in [9.17, 15) is 0 Å². The van der Waals surface area contributed by atoms with E-state index in [1.165, 1.54) is 0 Å². The Bertz CT molecular complexity index is 331. The first kappa shape index (κ1) is 9.45. The second-order valence-corrected chi connectivity index (χ2v) is 2.47. The van der Waals surface area contributed by atoms with Gasteiger partial charge in [0.25, 0.3) is 0 Å². The fraction of sp³-hybridized carbons (Fsp3) is 0.200. The quantitative estimate of drug-likeness (QED) is 0.658. The highest BCUT2D eigenvalue weighted by Gasteiger charge is 2.04. The number of ether oxygens (including phenoxy) is 1. The van der Waals surface area contributed by atoms with Crippen LogP contribution >= 0.6 is 0 Å². The summed E-state index contributed by atoms with van der Waals surface area (Å²) in [6.07, 6.45) is 3.36. The van der Waals surface area contributed by atoms with Crippen molar-refractivity contribution in [3.8, 4) is 5.75 Å². The van der Waals surface area contributed by atoms with Gasteiger partial charge < -0.3 is 4.74 Å². The second-order valence-electron chi connectivity index (χ2n) is 2.47. The van der Waals surface area contributed by atoms with Crippen LogP contribution in [0.4, 0.5) is 0 Å². The Kier molecular flexibility index (Phi) is 3.20. The molecule has 68 valence electrons. The first-order valence-electron chi connectivity index (χ1n) is 3.90. The summed E-state index contributed by atoms with van der Waals surface area (Å²) in [5.41, 5.74) is 1.48. The Labute approximate surface area is 77.8 Å². The third kappa shape index (κ3) is 2.15. The smallest absolute Gasteiger partial charge is 0.145 e. The molecule has 0 saturated carbocycles. The zero-order valence-corrected chi connectivity index (χ0v) is 7.82. The topological polar surface area (TPSA) is 34.5 Å². The van der Waals surface area contributed by atoms with Gasteiger partial charge >= 0.3 is 0 Å². The van der Waals surface area contributed by atoms with Crippen LogP contribution in [0.1, 0.15) is 5.69 Å². The van der Waals surface area contributed by atoms with E-state index >= 15 is 0 Å². The zero-order valence-electron chi connectivity index (χ0n) is 7.82. The molecule has 1 heterocycles. The van der Waals surface area contributed by atoms with Crippen molar-refractivity contribution in [3.63, 3.8) is 0 Å². The lowest BCUT2D eigenvalue weighted by atomic mass is 10.2. The van der Waals surface area contributed by atoms with Crippen LogP contribution in [0.3, 0.4) is 0 Å². The summed E-state index contributed by atoms with van der Waals surface area (Å²) >= 11 is 0. The van der Waals surface area contributed by atoms with Gasteiger partial charge in [-0.05, 0) is 12.1 Å². The first-order valence-corrected chi connectivity index (χ1v) is 3.90. The maximum Gasteiger partial charge on any atom is 0.145 e. The molecule has 0 atom stereocenters. The second kappa shape index (κ2) is 4.40. The Morgan fingerprint density at radius 1 is 1.69 bits per heavy atom. The van der Waals surface area contributed by atoms with E-state index in [0.29, 0.717) is 5.75 Å². The standard InChI is InChI=1S/C10H12N2O/c1-8(7-11-2)10-9(13-3)5-4-6-12-10/h4-7H,1H2,2-3H3. The molecule has 0 bridgehead atoms. The first-order chi connectivity index (χ1) is 6.29. The largest absolute Gasteiger partial charge is 0.494 e. The molecule has 0 aromatic carbocycles. The lowest BCUT2D eigenvalue weighted by Gasteiger charge is -2.05. The van der Waals surface area contributed by atoms with Gasteiger partial charge in [-0.15, -0.1) is 0 Å². The van der Waals surface area contributed by atoms with Gasteiger partial charge in [-0.1, -0.05) is 6.58 Å². The van der Waals surface area contributed by atoms with Crippen molar-refractivity contribution < 1.29 is 4.74 Å². The van der Waals surface area contributed by atoms with Gasteiger partial charge in [0.1, 0.15) is 11.4 Å². The lowest BCUT2D eigenvalue weighted by Crippen LogP contribution is -1.94. The maximum absolute atomic E-state index is 5.13. The normalized spacial score (nSPS) is 10.3. The molecule has 0 spiro atoms. The lowest BCUT2D eigenvalue weighted by molar-refractivity contribution is 0.411. The van der Waals surface area contributed by atoms with Gasteiger partial charge in [-0.3, -0.25) is 9.98 Å². The minimum absolute atomic E-state index is 0.715. The molecular weight excluding hydrogens is 164 g/mol. The highest BCUT2D eigenvalue weighted by atomic mass is 16.5. The van der Waals surface area contributed by atoms with Crippen LogP contribution in [0.2, 0.25) is 0 Å². The summed E-state index contributed by atoms with van der Waals surface area (Å²) in [6.45, 7) is 3.83. The SMILES string of the molecule is C=C(C=NC)c1ncccc1OC. The van der Waals surface area contributed by atoms with Gasteiger partial charge in [0.2, 0.25) is 0 Å². The molecule has 0 radical (unpaired) electrons. The Morgan fingerprint density at radius 2 is 2.46 bits per heavy atom. The van der Waals surface area contributed by atoms with Gasteiger partial charge in [0.05, 0.1) is 7.11 Å². The van der Waals surface area contributed by atoms with E-state index in [1.54, 1.807) is 26.6 Å². The van der Waals surface area contributed by atoms with E-state index in [1.807, 2.05) is 12.1 Å². The zero-order chi connectivity index (χ0) is 9.68. The van der Waals surface area contributed by atoms with E-state index in [-0.39, 0.29) is 0 Å². The van der Waals surface area contributed by atoms with E-state index < -0.39 is 0 Å². The summed E-state index contributed by atoms with van der Waals surface area (Å²) in [4.78, 5) is 8.02. The molecule has 1 aromatic heterocycles. The molecular formula is C10H12N2O. The minimum atomic E-state index is 0.715. The van der Waals surface area contributed by atoms with Crippen LogP contribution in [0.15, 0.2) is 29.9 Å². The molecule has 1 aromatic rings. The monoisotopic (exact) mass is 176 g/mol. The molecule has 0 fully saturated rings. The molecule has 0 saturated heterocycles. The number of rotatable bonds is 3. The highest BCUT2D eigenvalue weighted by molar-refractivity contribution is 6.08. The number of pyridine rings is 1. The molecule has 1 rings (SSSR count). The van der Waals surface area contributed by atoms with E-state index in [4.69, 9.17) is 4.74 Å². The number of hydrogen-bond donors (Lipinski definition) is 0. The molecule has 3 heteroatoms. The average Bonchev–Trinajstić information content (AvgIpc) is 2.18. The van der Waals surface area contributed by atoms with Crippen molar-refractivity contribution >= 4 is 11.8 Å². The van der Waals surface area contributed by atoms with Crippen LogP contribution in [0, 0.1) is 0 Å². The van der Waals surface area contributed by atoms with Crippen LogP contribution in [0.25, 0.3) is 5.57 Å². The third-order valence-electron chi connectivity index (χ3n) is 1.58. The van der Waals surface area contributed by atoms with Gasteiger partial charge in [-0.2, -0.15) is 0 Å². The number of hydrogen-bond acceptors (Lipinski definition) is 3. The fourth-order valence-corrected chi connectivity index (χ4v) is 1.01. The van der Waals surface area contributed by atoms with E-state index in [2.05, 4.69) is 16.6 Å². The summed E-state index contributed by atoms with van der Waals surface area (Å²) in [5, 5.41) is 0.